The van der Waals surface area contributed by atoms with Crippen LogP contribution in [0.3, 0.4) is 0 Å². The first-order chi connectivity index (χ1) is 18.8. The number of fused-ring (bicyclic) bond motifs is 1. The van der Waals surface area contributed by atoms with Crippen molar-refractivity contribution in [3.8, 4) is 0 Å². The highest BCUT2D eigenvalue weighted by Gasteiger charge is 2.31. The van der Waals surface area contributed by atoms with E-state index in [1.807, 2.05) is 6.92 Å². The molecule has 210 valence electrons. The summed E-state index contributed by atoms with van der Waals surface area (Å²) in [6, 6.07) is 0.248. The predicted molar refractivity (Wildman–Crippen MR) is 151 cm³/mol. The number of nitrogens with one attached hydrogen (secondary N) is 4. The normalized spacial score (nSPS) is 25.1. The highest BCUT2D eigenvalue weighted by molar-refractivity contribution is 7.09. The fraction of sp³-hybridized carbons (Fsp3) is 0.667. The maximum absolute atomic E-state index is 11.7. The first kappa shape index (κ1) is 26.2. The average molecular weight is 554 g/mol. The maximum Gasteiger partial charge on any atom is 0.427 e. The number of thiazole rings is 1. The van der Waals surface area contributed by atoms with E-state index in [0.29, 0.717) is 23.3 Å². The number of aryl methyl sites for hydroxylation is 1. The molecule has 4 N–H and O–H groups in total. The number of hydrogen-bond acceptors (Lipinski definition) is 10. The third-order valence-electron chi connectivity index (χ3n) is 8.63. The van der Waals surface area contributed by atoms with E-state index in [9.17, 15) is 4.79 Å². The smallest absolute Gasteiger partial charge is 0.365 e. The molecule has 3 aliphatic rings. The first-order valence-electron chi connectivity index (χ1n) is 14.3. The Labute approximate surface area is 232 Å². The molecule has 3 aromatic rings. The quantitative estimate of drug-likeness (QED) is 0.274. The minimum absolute atomic E-state index is 0.0150. The lowest BCUT2D eigenvalue weighted by Crippen LogP contribution is -2.32. The first-order valence-corrected chi connectivity index (χ1v) is 15.2. The molecular formula is C27H39N9O2S. The highest BCUT2D eigenvalue weighted by atomic mass is 32.1. The van der Waals surface area contributed by atoms with Crippen molar-refractivity contribution in [3.05, 3.63) is 21.9 Å². The summed E-state index contributed by atoms with van der Waals surface area (Å²) in [7, 11) is 0. The number of carbonyl (C=O) groups is 1. The average Bonchev–Trinajstić information content (AvgIpc) is 3.58. The molecule has 2 saturated carbocycles. The maximum atomic E-state index is 11.7. The van der Waals surface area contributed by atoms with Gasteiger partial charge in [0.15, 0.2) is 23.5 Å². The van der Waals surface area contributed by atoms with Gasteiger partial charge in [0.2, 0.25) is 5.95 Å². The van der Waals surface area contributed by atoms with E-state index < -0.39 is 12.3 Å². The Bertz CT molecular complexity index is 1330. The minimum atomic E-state index is -0.639. The SMILES string of the molecule is Cc1nc(C(C)Nc2nc3nc(C4NOC(=O)N4)nc(N[C@H](C)C4CCC4)c3n2CC2CCC(C)CC2)cs1. The number of amides is 1. The molecular weight excluding hydrogens is 514 g/mol. The molecule has 1 aliphatic heterocycles. The van der Waals surface area contributed by atoms with Gasteiger partial charge in [-0.25, -0.2) is 19.7 Å². The molecule has 4 heterocycles. The molecule has 3 atom stereocenters. The zero-order valence-electron chi connectivity index (χ0n) is 23.2. The lowest BCUT2D eigenvalue weighted by atomic mass is 9.80. The van der Waals surface area contributed by atoms with Crippen LogP contribution in [-0.4, -0.2) is 36.6 Å². The van der Waals surface area contributed by atoms with Gasteiger partial charge in [-0.15, -0.1) is 16.8 Å². The number of anilines is 2. The molecule has 0 bridgehead atoms. The van der Waals surface area contributed by atoms with Crippen molar-refractivity contribution in [2.45, 2.75) is 97.4 Å². The summed E-state index contributed by atoms with van der Waals surface area (Å²) in [5, 5.41) is 13.2. The third kappa shape index (κ3) is 5.54. The minimum Gasteiger partial charge on any atom is -0.365 e. The Kier molecular flexibility index (Phi) is 7.32. The molecule has 11 nitrogen and oxygen atoms in total. The molecule has 2 aliphatic carbocycles. The second-order valence-electron chi connectivity index (χ2n) is 11.6. The van der Waals surface area contributed by atoms with E-state index in [1.54, 1.807) is 11.3 Å². The largest absolute Gasteiger partial charge is 0.427 e. The molecule has 3 aromatic heterocycles. The van der Waals surface area contributed by atoms with Crippen molar-refractivity contribution in [3.63, 3.8) is 0 Å². The molecule has 6 rings (SSSR count). The topological polar surface area (TPSA) is 131 Å². The van der Waals surface area contributed by atoms with Crippen molar-refractivity contribution < 1.29 is 9.63 Å². The zero-order chi connectivity index (χ0) is 27.1. The van der Waals surface area contributed by atoms with Crippen molar-refractivity contribution in [2.24, 2.45) is 17.8 Å². The van der Waals surface area contributed by atoms with Crippen LogP contribution in [0.4, 0.5) is 16.6 Å². The van der Waals surface area contributed by atoms with E-state index in [0.717, 1.165) is 40.4 Å². The third-order valence-corrected chi connectivity index (χ3v) is 9.43. The number of imidazole rings is 1. The summed E-state index contributed by atoms with van der Waals surface area (Å²) in [5.74, 6) is 3.91. The zero-order valence-corrected chi connectivity index (χ0v) is 24.0. The Hall–Kier alpha value is -2.99. The van der Waals surface area contributed by atoms with E-state index >= 15 is 0 Å². The number of nitrogens with zero attached hydrogens (tertiary/aromatic N) is 5. The van der Waals surface area contributed by atoms with Gasteiger partial charge in [-0.1, -0.05) is 26.2 Å². The number of rotatable bonds is 9. The van der Waals surface area contributed by atoms with Crippen molar-refractivity contribution >= 4 is 40.4 Å². The molecule has 0 spiro atoms. The molecule has 1 saturated heterocycles. The Balaban J connectivity index is 1.41. The van der Waals surface area contributed by atoms with E-state index in [2.05, 4.69) is 52.1 Å². The fourth-order valence-corrected chi connectivity index (χ4v) is 6.57. The van der Waals surface area contributed by atoms with Gasteiger partial charge in [-0.3, -0.25) is 5.32 Å². The van der Waals surface area contributed by atoms with Crippen molar-refractivity contribution in [2.75, 3.05) is 10.6 Å². The van der Waals surface area contributed by atoms with Crippen molar-refractivity contribution in [1.82, 2.24) is 35.3 Å². The monoisotopic (exact) mass is 553 g/mol. The van der Waals surface area contributed by atoms with Crippen LogP contribution in [0.15, 0.2) is 5.38 Å². The van der Waals surface area contributed by atoms with E-state index in [4.69, 9.17) is 24.8 Å². The predicted octanol–water partition coefficient (Wildman–Crippen LogP) is 5.43. The lowest BCUT2D eigenvalue weighted by Gasteiger charge is -2.32. The van der Waals surface area contributed by atoms with Crippen LogP contribution in [0.2, 0.25) is 0 Å². The molecule has 0 radical (unpaired) electrons. The van der Waals surface area contributed by atoms with Gasteiger partial charge < -0.3 is 20.0 Å². The standard InChI is InChI=1S/C27H39N9O2S/c1-14-8-10-18(11-9-14)12-36-21-22(28-15(2)19-6-5-7-19)31-24(25-34-27(37)38-35-25)32-23(21)33-26(36)29-16(3)20-13-39-17(4)30-20/h13-16,18-19,25,35H,5-12H2,1-4H3,(H,34,37)(H2,28,29,31,32,33)/t14?,15-,16?,18?,25?/m1/s1. The van der Waals surface area contributed by atoms with Crippen LogP contribution < -0.4 is 21.4 Å². The van der Waals surface area contributed by atoms with Crippen LogP contribution in [0.1, 0.15) is 94.5 Å². The van der Waals surface area contributed by atoms with Crippen LogP contribution in [0, 0.1) is 24.7 Å². The van der Waals surface area contributed by atoms with Crippen LogP contribution in [0.25, 0.3) is 11.2 Å². The summed E-state index contributed by atoms with van der Waals surface area (Å²) >= 11 is 1.65. The van der Waals surface area contributed by atoms with Gasteiger partial charge in [0.25, 0.3) is 0 Å². The van der Waals surface area contributed by atoms with Crippen LogP contribution in [0.5, 0.6) is 0 Å². The Morgan fingerprint density at radius 3 is 2.54 bits per heavy atom. The van der Waals surface area contributed by atoms with Crippen LogP contribution in [-0.2, 0) is 11.4 Å². The van der Waals surface area contributed by atoms with Gasteiger partial charge in [0, 0.05) is 18.0 Å². The Morgan fingerprint density at radius 2 is 1.90 bits per heavy atom. The molecule has 1 amide bonds. The van der Waals surface area contributed by atoms with Crippen LogP contribution >= 0.6 is 11.3 Å². The van der Waals surface area contributed by atoms with Gasteiger partial charge in [-0.05, 0) is 64.2 Å². The van der Waals surface area contributed by atoms with Gasteiger partial charge in [-0.2, -0.15) is 4.98 Å². The van der Waals surface area contributed by atoms with Gasteiger partial charge in [0.1, 0.15) is 5.52 Å². The Morgan fingerprint density at radius 1 is 1.10 bits per heavy atom. The second-order valence-corrected chi connectivity index (χ2v) is 12.7. The highest BCUT2D eigenvalue weighted by Crippen LogP contribution is 2.36. The number of hydroxylamine groups is 1. The second kappa shape index (κ2) is 10.9. The lowest BCUT2D eigenvalue weighted by molar-refractivity contribution is 0.120. The fourth-order valence-electron chi connectivity index (χ4n) is 5.87. The molecule has 12 heteroatoms. The molecule has 39 heavy (non-hydrogen) atoms. The molecule has 3 fully saturated rings. The van der Waals surface area contributed by atoms with Crippen molar-refractivity contribution in [1.29, 1.82) is 0 Å². The summed E-state index contributed by atoms with van der Waals surface area (Å²) in [4.78, 5) is 36.1. The van der Waals surface area contributed by atoms with Gasteiger partial charge in [0.05, 0.1) is 16.7 Å². The number of aromatic nitrogens is 5. The summed E-state index contributed by atoms with van der Waals surface area (Å²) in [5.41, 5.74) is 5.19. The van der Waals surface area contributed by atoms with Gasteiger partial charge >= 0.3 is 6.09 Å². The number of hydrogen-bond donors (Lipinski definition) is 4. The van der Waals surface area contributed by atoms with E-state index in [1.165, 1.54) is 44.9 Å². The summed E-state index contributed by atoms with van der Waals surface area (Å²) in [6.45, 7) is 9.57. The molecule has 2 unspecified atom stereocenters. The summed E-state index contributed by atoms with van der Waals surface area (Å²) in [6.07, 6.45) is 7.45. The molecule has 0 aromatic carbocycles. The summed E-state index contributed by atoms with van der Waals surface area (Å²) < 4.78 is 2.28. The van der Waals surface area contributed by atoms with E-state index in [-0.39, 0.29) is 12.1 Å². The number of carbonyl (C=O) groups excluding carboxylic acids is 1.